The Hall–Kier alpha value is 0.0400. The van der Waals surface area contributed by atoms with Crippen molar-refractivity contribution in [1.82, 2.24) is 0 Å². The number of hydrogen-bond donors (Lipinski definition) is 4. The van der Waals surface area contributed by atoms with Gasteiger partial charge in [-0.05, 0) is 12.8 Å². The van der Waals surface area contributed by atoms with Crippen LogP contribution >= 0.6 is 15.2 Å². The number of hydrogen-bond acceptors (Lipinski definition) is 2. The summed E-state index contributed by atoms with van der Waals surface area (Å²) in [5.41, 5.74) is 0. The maximum Gasteiger partial charge on any atom is 0.347 e. The van der Waals surface area contributed by atoms with Crippen LogP contribution in [0, 0.1) is 0 Å². The topological polar surface area (TPSA) is 115 Å². The maximum absolute atomic E-state index is 11.0. The zero-order valence-electron chi connectivity index (χ0n) is 6.57. The van der Waals surface area contributed by atoms with E-state index in [4.69, 9.17) is 19.6 Å². The van der Waals surface area contributed by atoms with Crippen LogP contribution < -0.4 is 0 Å². The van der Waals surface area contributed by atoms with Crippen molar-refractivity contribution in [2.24, 2.45) is 0 Å². The average molecular weight is 228 g/mol. The van der Waals surface area contributed by atoms with E-state index >= 15 is 0 Å². The van der Waals surface area contributed by atoms with E-state index in [0.717, 1.165) is 6.08 Å². The molecule has 0 radical (unpaired) electrons. The van der Waals surface area contributed by atoms with Crippen LogP contribution in [0.2, 0.25) is 0 Å². The molecular weight excluding hydrogens is 218 g/mol. The van der Waals surface area contributed by atoms with Gasteiger partial charge in [-0.1, -0.05) is 12.2 Å². The quantitative estimate of drug-likeness (QED) is 0.401. The molecule has 0 amide bonds. The predicted octanol–water partition coefficient (Wildman–Crippen LogP) is 0.388. The third kappa shape index (κ3) is 1.66. The highest BCUT2D eigenvalue weighted by atomic mass is 31.2. The first-order valence-electron chi connectivity index (χ1n) is 3.50. The van der Waals surface area contributed by atoms with Crippen LogP contribution in [0.1, 0.15) is 12.8 Å². The molecule has 1 aliphatic rings. The SMILES string of the molecule is O=P(O)(O)C1(P(=O)(O)O)C=CCC1. The van der Waals surface area contributed by atoms with Gasteiger partial charge in [-0.3, -0.25) is 9.13 Å². The fourth-order valence-corrected chi connectivity index (χ4v) is 4.10. The Kier molecular flexibility index (Phi) is 2.58. The molecule has 0 saturated carbocycles. The molecule has 1 aliphatic carbocycles. The van der Waals surface area contributed by atoms with Gasteiger partial charge < -0.3 is 19.6 Å². The van der Waals surface area contributed by atoms with Gasteiger partial charge in [0.15, 0.2) is 4.90 Å². The van der Waals surface area contributed by atoms with Crippen molar-refractivity contribution in [3.8, 4) is 0 Å². The Morgan fingerprint density at radius 2 is 1.54 bits per heavy atom. The van der Waals surface area contributed by atoms with E-state index < -0.39 is 20.1 Å². The van der Waals surface area contributed by atoms with Crippen LogP contribution in [0.5, 0.6) is 0 Å². The molecule has 0 bridgehead atoms. The van der Waals surface area contributed by atoms with Crippen LogP contribution in [0.3, 0.4) is 0 Å². The molecule has 8 heteroatoms. The van der Waals surface area contributed by atoms with E-state index in [1.165, 1.54) is 6.08 Å². The lowest BCUT2D eigenvalue weighted by atomic mass is 10.3. The molecule has 13 heavy (non-hydrogen) atoms. The van der Waals surface area contributed by atoms with E-state index in [1.54, 1.807) is 0 Å². The first kappa shape index (κ1) is 11.1. The second kappa shape index (κ2) is 3.02. The summed E-state index contributed by atoms with van der Waals surface area (Å²) < 4.78 is 21.9. The number of allylic oxidation sites excluding steroid dienone is 2. The molecule has 0 aromatic rings. The number of rotatable bonds is 2. The van der Waals surface area contributed by atoms with Gasteiger partial charge in [0.2, 0.25) is 0 Å². The molecule has 0 aromatic carbocycles. The van der Waals surface area contributed by atoms with Gasteiger partial charge in [-0.25, -0.2) is 0 Å². The van der Waals surface area contributed by atoms with Crippen molar-refractivity contribution in [2.75, 3.05) is 0 Å². The highest BCUT2D eigenvalue weighted by molar-refractivity contribution is 7.72. The molecule has 6 nitrogen and oxygen atoms in total. The smallest absolute Gasteiger partial charge is 0.323 e. The fourth-order valence-electron chi connectivity index (χ4n) is 1.31. The zero-order valence-corrected chi connectivity index (χ0v) is 8.36. The van der Waals surface area contributed by atoms with Crippen molar-refractivity contribution < 1.29 is 28.7 Å². The Morgan fingerprint density at radius 3 is 1.69 bits per heavy atom. The summed E-state index contributed by atoms with van der Waals surface area (Å²) in [7, 11) is -9.63. The first-order chi connectivity index (χ1) is 5.71. The monoisotopic (exact) mass is 228 g/mol. The molecule has 0 saturated heterocycles. The van der Waals surface area contributed by atoms with Gasteiger partial charge in [0.1, 0.15) is 0 Å². The van der Waals surface area contributed by atoms with Gasteiger partial charge in [-0.15, -0.1) is 0 Å². The first-order valence-corrected chi connectivity index (χ1v) is 6.72. The largest absolute Gasteiger partial charge is 0.347 e. The van der Waals surface area contributed by atoms with Crippen molar-refractivity contribution in [3.63, 3.8) is 0 Å². The van der Waals surface area contributed by atoms with E-state index in [-0.39, 0.29) is 12.8 Å². The van der Waals surface area contributed by atoms with E-state index in [2.05, 4.69) is 0 Å². The Balaban J connectivity index is 3.27. The second-order valence-electron chi connectivity index (χ2n) is 2.91. The lowest BCUT2D eigenvalue weighted by Gasteiger charge is -2.28. The maximum atomic E-state index is 11.0. The van der Waals surface area contributed by atoms with E-state index in [9.17, 15) is 9.13 Å². The normalized spacial score (nSPS) is 22.2. The van der Waals surface area contributed by atoms with Gasteiger partial charge in [0.05, 0.1) is 0 Å². The highest BCUT2D eigenvalue weighted by Crippen LogP contribution is 2.72. The van der Waals surface area contributed by atoms with Crippen LogP contribution in [-0.2, 0) is 9.13 Å². The van der Waals surface area contributed by atoms with Crippen LogP contribution in [0.4, 0.5) is 0 Å². The second-order valence-corrected chi connectivity index (χ2v) is 7.03. The van der Waals surface area contributed by atoms with Crippen LogP contribution in [0.15, 0.2) is 12.2 Å². The molecule has 0 aromatic heterocycles. The van der Waals surface area contributed by atoms with E-state index in [0.29, 0.717) is 0 Å². The minimum atomic E-state index is -4.82. The van der Waals surface area contributed by atoms with Crippen LogP contribution in [-0.4, -0.2) is 24.5 Å². The predicted molar refractivity (Wildman–Crippen MR) is 45.2 cm³/mol. The Bertz CT molecular complexity index is 300. The molecule has 0 spiro atoms. The molecule has 1 rings (SSSR count). The third-order valence-electron chi connectivity index (χ3n) is 2.07. The standard InChI is InChI=1S/C5H10O6P2/c6-12(7,8)5(13(9,10)11)3-1-2-4-5/h1,3H,2,4H2,(H2,6,7,8)(H2,9,10,11). The summed E-state index contributed by atoms with van der Waals surface area (Å²) in [4.78, 5) is 33.2. The van der Waals surface area contributed by atoms with Gasteiger partial charge in [-0.2, -0.15) is 0 Å². The summed E-state index contributed by atoms with van der Waals surface area (Å²) in [6.07, 6.45) is 2.38. The highest BCUT2D eigenvalue weighted by Gasteiger charge is 2.59. The van der Waals surface area contributed by atoms with Crippen molar-refractivity contribution in [2.45, 2.75) is 17.7 Å². The summed E-state index contributed by atoms with van der Waals surface area (Å²) in [6.45, 7) is 0. The summed E-state index contributed by atoms with van der Waals surface area (Å²) >= 11 is 0. The lowest BCUT2D eigenvalue weighted by molar-refractivity contribution is 0.320. The Labute approximate surface area is 74.6 Å². The molecule has 4 N–H and O–H groups in total. The third-order valence-corrected chi connectivity index (χ3v) is 6.40. The molecule has 0 unspecified atom stereocenters. The van der Waals surface area contributed by atoms with Gasteiger partial charge in [0, 0.05) is 0 Å². The molecule has 0 heterocycles. The Morgan fingerprint density at radius 1 is 1.08 bits per heavy atom. The average Bonchev–Trinajstić information content (AvgIpc) is 2.28. The molecule has 76 valence electrons. The van der Waals surface area contributed by atoms with Crippen LogP contribution in [0.25, 0.3) is 0 Å². The minimum Gasteiger partial charge on any atom is -0.323 e. The minimum absolute atomic E-state index is 0.207. The molecule has 0 fully saturated rings. The summed E-state index contributed by atoms with van der Waals surface area (Å²) in [5, 5.41) is 0. The van der Waals surface area contributed by atoms with Crippen molar-refractivity contribution in [1.29, 1.82) is 0 Å². The van der Waals surface area contributed by atoms with Crippen molar-refractivity contribution >= 4 is 15.2 Å². The fraction of sp³-hybridized carbons (Fsp3) is 0.600. The summed E-state index contributed by atoms with van der Waals surface area (Å²) in [5.74, 6) is 0. The lowest BCUT2D eigenvalue weighted by Crippen LogP contribution is -2.23. The molecule has 0 atom stereocenters. The summed E-state index contributed by atoms with van der Waals surface area (Å²) in [6, 6.07) is 0. The zero-order chi connectivity index (χ0) is 10.3. The van der Waals surface area contributed by atoms with Gasteiger partial charge in [0.25, 0.3) is 0 Å². The van der Waals surface area contributed by atoms with Crippen molar-refractivity contribution in [3.05, 3.63) is 12.2 Å². The van der Waals surface area contributed by atoms with Gasteiger partial charge >= 0.3 is 15.2 Å². The molecule has 0 aliphatic heterocycles. The van der Waals surface area contributed by atoms with E-state index in [1.807, 2.05) is 0 Å². The molecular formula is C5H10O6P2.